The third kappa shape index (κ3) is 2.62. The molecule has 70 valence electrons. The highest BCUT2D eigenvalue weighted by Gasteiger charge is 1.99. The van der Waals surface area contributed by atoms with Crippen molar-refractivity contribution >= 4 is 6.08 Å². The van der Waals surface area contributed by atoms with Crippen molar-refractivity contribution in [3.8, 4) is 5.75 Å². The van der Waals surface area contributed by atoms with Gasteiger partial charge < -0.3 is 5.11 Å². The molecule has 0 radical (unpaired) electrons. The summed E-state index contributed by atoms with van der Waals surface area (Å²) in [5, 5.41) is 9.50. The fourth-order valence-electron chi connectivity index (χ4n) is 1.02. The molecule has 0 amide bonds. The second kappa shape index (κ2) is 4.13. The molecule has 0 saturated heterocycles. The van der Waals surface area contributed by atoms with Crippen LogP contribution in [0.2, 0.25) is 0 Å². The number of phenolic OH excluding ortho intramolecular Hbond substituents is 1. The highest BCUT2D eigenvalue weighted by Crippen LogP contribution is 2.21. The largest absolute Gasteiger partial charge is 0.507 e. The van der Waals surface area contributed by atoms with Gasteiger partial charge in [0.2, 0.25) is 0 Å². The predicted molar refractivity (Wildman–Crippen MR) is 56.6 cm³/mol. The average Bonchev–Trinajstić information content (AvgIpc) is 2.08. The van der Waals surface area contributed by atoms with Gasteiger partial charge >= 0.3 is 0 Å². The number of hydrogen-bond donors (Lipinski definition) is 1. The number of rotatable bonds is 2. The van der Waals surface area contributed by atoms with Crippen LogP contribution in [0.1, 0.15) is 26.3 Å². The molecule has 0 aliphatic rings. The number of hydrogen-bond acceptors (Lipinski definition) is 1. The summed E-state index contributed by atoms with van der Waals surface area (Å²) in [4.78, 5) is 0. The van der Waals surface area contributed by atoms with Crippen LogP contribution in [0, 0.1) is 5.92 Å². The number of benzene rings is 1. The third-order valence-electron chi connectivity index (χ3n) is 2.23. The number of aromatic hydroxyl groups is 1. The molecule has 0 heterocycles. The maximum atomic E-state index is 9.50. The van der Waals surface area contributed by atoms with Crippen molar-refractivity contribution in [1.82, 2.24) is 0 Å². The Morgan fingerprint density at radius 2 is 1.92 bits per heavy atom. The fourth-order valence-corrected chi connectivity index (χ4v) is 1.02. The van der Waals surface area contributed by atoms with E-state index in [2.05, 4.69) is 20.8 Å². The number of allylic oxidation sites excluding steroid dienone is 1. The molecule has 0 bridgehead atoms. The van der Waals surface area contributed by atoms with E-state index in [0.717, 1.165) is 5.56 Å². The SMILES string of the molecule is C/C(=C/c1ccccc1O)C(C)C. The summed E-state index contributed by atoms with van der Waals surface area (Å²) in [6.07, 6.45) is 2.03. The Labute approximate surface area is 79.7 Å². The first-order chi connectivity index (χ1) is 6.11. The van der Waals surface area contributed by atoms with Crippen LogP contribution in [0.3, 0.4) is 0 Å². The Morgan fingerprint density at radius 3 is 2.46 bits per heavy atom. The van der Waals surface area contributed by atoms with Gasteiger partial charge in [0, 0.05) is 5.56 Å². The van der Waals surface area contributed by atoms with E-state index in [1.165, 1.54) is 5.57 Å². The highest BCUT2D eigenvalue weighted by atomic mass is 16.3. The van der Waals surface area contributed by atoms with Gasteiger partial charge in [-0.1, -0.05) is 43.7 Å². The summed E-state index contributed by atoms with van der Waals surface area (Å²) in [7, 11) is 0. The van der Waals surface area contributed by atoms with Crippen LogP contribution < -0.4 is 0 Å². The zero-order valence-corrected chi connectivity index (χ0v) is 8.41. The van der Waals surface area contributed by atoms with E-state index in [9.17, 15) is 5.11 Å². The standard InChI is InChI=1S/C12H16O/c1-9(2)10(3)8-11-6-4-5-7-12(11)13/h4-9,13H,1-3H3/b10-8-. The van der Waals surface area contributed by atoms with E-state index >= 15 is 0 Å². The molecule has 1 N–H and O–H groups in total. The third-order valence-corrected chi connectivity index (χ3v) is 2.23. The van der Waals surface area contributed by atoms with E-state index in [4.69, 9.17) is 0 Å². The smallest absolute Gasteiger partial charge is 0.122 e. The van der Waals surface area contributed by atoms with Crippen LogP contribution in [0.15, 0.2) is 29.8 Å². The van der Waals surface area contributed by atoms with Gasteiger partial charge in [-0.3, -0.25) is 0 Å². The molecule has 1 aromatic carbocycles. The van der Waals surface area contributed by atoms with Gasteiger partial charge in [-0.05, 0) is 18.9 Å². The van der Waals surface area contributed by atoms with Crippen molar-refractivity contribution in [2.24, 2.45) is 5.92 Å². The van der Waals surface area contributed by atoms with Crippen molar-refractivity contribution in [2.45, 2.75) is 20.8 Å². The molecule has 0 aromatic heterocycles. The van der Waals surface area contributed by atoms with Crippen molar-refractivity contribution < 1.29 is 5.11 Å². The normalized spacial score (nSPS) is 12.2. The monoisotopic (exact) mass is 176 g/mol. The molecule has 0 aliphatic carbocycles. The molecule has 1 rings (SSSR count). The topological polar surface area (TPSA) is 20.2 Å². The van der Waals surface area contributed by atoms with Gasteiger partial charge in [0.15, 0.2) is 0 Å². The maximum absolute atomic E-state index is 9.50. The summed E-state index contributed by atoms with van der Waals surface area (Å²) in [5.74, 6) is 0.877. The quantitative estimate of drug-likeness (QED) is 0.731. The number of phenols is 1. The molecule has 13 heavy (non-hydrogen) atoms. The molecular weight excluding hydrogens is 160 g/mol. The molecule has 0 atom stereocenters. The lowest BCUT2D eigenvalue weighted by Crippen LogP contribution is -1.88. The van der Waals surface area contributed by atoms with Gasteiger partial charge in [-0.2, -0.15) is 0 Å². The lowest BCUT2D eigenvalue weighted by Gasteiger charge is -2.05. The molecular formula is C12H16O. The summed E-state index contributed by atoms with van der Waals surface area (Å²) in [5.41, 5.74) is 2.18. The molecule has 1 nitrogen and oxygen atoms in total. The molecule has 0 unspecified atom stereocenters. The van der Waals surface area contributed by atoms with Crippen LogP contribution in [-0.2, 0) is 0 Å². The minimum Gasteiger partial charge on any atom is -0.507 e. The first-order valence-corrected chi connectivity index (χ1v) is 4.57. The van der Waals surface area contributed by atoms with Crippen molar-refractivity contribution in [3.63, 3.8) is 0 Å². The van der Waals surface area contributed by atoms with E-state index in [1.54, 1.807) is 6.07 Å². The summed E-state index contributed by atoms with van der Waals surface area (Å²) in [6.45, 7) is 6.37. The molecule has 0 saturated carbocycles. The molecule has 0 fully saturated rings. The molecule has 0 spiro atoms. The second-order valence-corrected chi connectivity index (χ2v) is 3.60. The Hall–Kier alpha value is -1.24. The lowest BCUT2D eigenvalue weighted by atomic mass is 10.0. The van der Waals surface area contributed by atoms with Gasteiger partial charge in [0.1, 0.15) is 5.75 Å². The van der Waals surface area contributed by atoms with Crippen LogP contribution in [0.5, 0.6) is 5.75 Å². The Kier molecular flexibility index (Phi) is 3.13. The number of para-hydroxylation sites is 1. The van der Waals surface area contributed by atoms with E-state index in [0.29, 0.717) is 11.7 Å². The Balaban J connectivity index is 2.97. The van der Waals surface area contributed by atoms with E-state index < -0.39 is 0 Å². The average molecular weight is 176 g/mol. The van der Waals surface area contributed by atoms with Gasteiger partial charge in [0.05, 0.1) is 0 Å². The van der Waals surface area contributed by atoms with Crippen molar-refractivity contribution in [2.75, 3.05) is 0 Å². The predicted octanol–water partition coefficient (Wildman–Crippen LogP) is 3.45. The van der Waals surface area contributed by atoms with E-state index in [1.807, 2.05) is 24.3 Å². The highest BCUT2D eigenvalue weighted by molar-refractivity contribution is 5.59. The van der Waals surface area contributed by atoms with Crippen LogP contribution in [0.25, 0.3) is 6.08 Å². The summed E-state index contributed by atoms with van der Waals surface area (Å²) in [6, 6.07) is 7.39. The van der Waals surface area contributed by atoms with Gasteiger partial charge in [-0.15, -0.1) is 0 Å². The Morgan fingerprint density at radius 1 is 1.31 bits per heavy atom. The van der Waals surface area contributed by atoms with Crippen LogP contribution >= 0.6 is 0 Å². The van der Waals surface area contributed by atoms with Crippen LogP contribution in [0.4, 0.5) is 0 Å². The molecule has 1 heteroatoms. The second-order valence-electron chi connectivity index (χ2n) is 3.60. The molecule has 1 aromatic rings. The minimum absolute atomic E-state index is 0.350. The lowest BCUT2D eigenvalue weighted by molar-refractivity contribution is 0.474. The first kappa shape index (κ1) is 9.85. The fraction of sp³-hybridized carbons (Fsp3) is 0.333. The zero-order valence-electron chi connectivity index (χ0n) is 8.41. The zero-order chi connectivity index (χ0) is 9.84. The van der Waals surface area contributed by atoms with Crippen LogP contribution in [-0.4, -0.2) is 5.11 Å². The minimum atomic E-state index is 0.350. The molecule has 0 aliphatic heterocycles. The first-order valence-electron chi connectivity index (χ1n) is 4.57. The Bertz CT molecular complexity index is 311. The van der Waals surface area contributed by atoms with Gasteiger partial charge in [0.25, 0.3) is 0 Å². The van der Waals surface area contributed by atoms with E-state index in [-0.39, 0.29) is 0 Å². The van der Waals surface area contributed by atoms with Gasteiger partial charge in [-0.25, -0.2) is 0 Å². The van der Waals surface area contributed by atoms with Crippen molar-refractivity contribution in [3.05, 3.63) is 35.4 Å². The maximum Gasteiger partial charge on any atom is 0.122 e. The van der Waals surface area contributed by atoms with Crippen molar-refractivity contribution in [1.29, 1.82) is 0 Å². The summed E-state index contributed by atoms with van der Waals surface area (Å²) < 4.78 is 0. The summed E-state index contributed by atoms with van der Waals surface area (Å²) >= 11 is 0.